The first-order chi connectivity index (χ1) is 8.20. The zero-order chi connectivity index (χ0) is 12.3. The van der Waals surface area contributed by atoms with E-state index in [1.54, 1.807) is 0 Å². The van der Waals surface area contributed by atoms with Gasteiger partial charge < -0.3 is 5.32 Å². The van der Waals surface area contributed by atoms with Crippen molar-refractivity contribution >= 4 is 15.9 Å². The first-order valence-corrected chi connectivity index (χ1v) is 7.12. The van der Waals surface area contributed by atoms with Crippen molar-refractivity contribution in [2.75, 3.05) is 14.1 Å². The van der Waals surface area contributed by atoms with Crippen LogP contribution in [0.25, 0.3) is 0 Å². The van der Waals surface area contributed by atoms with Crippen LogP contribution in [0.5, 0.6) is 0 Å². The summed E-state index contributed by atoms with van der Waals surface area (Å²) in [5.41, 5.74) is 2.72. The molecule has 0 aromatic heterocycles. The lowest BCUT2D eigenvalue weighted by Crippen LogP contribution is -2.36. The predicted octanol–water partition coefficient (Wildman–Crippen LogP) is 3.15. The fraction of sp³-hybridized carbons (Fsp3) is 0.571. The Labute approximate surface area is 113 Å². The van der Waals surface area contributed by atoms with Crippen LogP contribution in [0.1, 0.15) is 30.4 Å². The maximum atomic E-state index is 3.68. The second-order valence-corrected chi connectivity index (χ2v) is 5.81. The van der Waals surface area contributed by atoms with Crippen molar-refractivity contribution in [3.05, 3.63) is 33.8 Å². The van der Waals surface area contributed by atoms with Gasteiger partial charge in [0.1, 0.15) is 0 Å². The van der Waals surface area contributed by atoms with Gasteiger partial charge in [0.25, 0.3) is 0 Å². The molecular formula is C14H21BrN2. The minimum absolute atomic E-state index is 0.805. The molecule has 1 aliphatic carbocycles. The predicted molar refractivity (Wildman–Crippen MR) is 76.0 cm³/mol. The van der Waals surface area contributed by atoms with E-state index in [0.717, 1.165) is 19.1 Å². The summed E-state index contributed by atoms with van der Waals surface area (Å²) in [6, 6.07) is 7.48. The number of nitrogens with one attached hydrogen (secondary N) is 1. The van der Waals surface area contributed by atoms with E-state index in [9.17, 15) is 0 Å². The van der Waals surface area contributed by atoms with Gasteiger partial charge in [-0.25, -0.2) is 0 Å². The summed E-state index contributed by atoms with van der Waals surface area (Å²) in [5.74, 6) is 0. The highest BCUT2D eigenvalue weighted by atomic mass is 79.9. The van der Waals surface area contributed by atoms with Crippen molar-refractivity contribution < 1.29 is 0 Å². The highest BCUT2D eigenvalue weighted by Gasteiger charge is 2.22. The first kappa shape index (κ1) is 13.1. The third-order valence-electron chi connectivity index (χ3n) is 3.62. The van der Waals surface area contributed by atoms with Gasteiger partial charge in [0.2, 0.25) is 0 Å². The van der Waals surface area contributed by atoms with Gasteiger partial charge in [-0.2, -0.15) is 0 Å². The van der Waals surface area contributed by atoms with Gasteiger partial charge in [-0.1, -0.05) is 34.5 Å². The summed E-state index contributed by atoms with van der Waals surface area (Å²) in [5, 5.41) is 3.18. The standard InChI is InChI=1S/C14H21BrN2/c1-16-9-11-6-7-12(14(15)8-11)10-17(2)13-4-3-5-13/h6-8,13,16H,3-5,9-10H2,1-2H3. The molecule has 1 aliphatic rings. The monoisotopic (exact) mass is 296 g/mol. The van der Waals surface area contributed by atoms with Gasteiger partial charge in [-0.3, -0.25) is 4.90 Å². The third kappa shape index (κ3) is 3.30. The van der Waals surface area contributed by atoms with Crippen molar-refractivity contribution in [2.45, 2.75) is 38.4 Å². The minimum atomic E-state index is 0.805. The molecule has 1 fully saturated rings. The molecule has 0 bridgehead atoms. The average molecular weight is 297 g/mol. The highest BCUT2D eigenvalue weighted by Crippen LogP contribution is 2.27. The van der Waals surface area contributed by atoms with Crippen LogP contribution < -0.4 is 5.32 Å². The molecule has 1 N–H and O–H groups in total. The van der Waals surface area contributed by atoms with Crippen molar-refractivity contribution in [1.29, 1.82) is 0 Å². The van der Waals surface area contributed by atoms with Gasteiger partial charge in [-0.15, -0.1) is 0 Å². The van der Waals surface area contributed by atoms with Crippen LogP contribution in [0.4, 0.5) is 0 Å². The maximum Gasteiger partial charge on any atom is 0.0244 e. The third-order valence-corrected chi connectivity index (χ3v) is 4.35. The minimum Gasteiger partial charge on any atom is -0.316 e. The lowest BCUT2D eigenvalue weighted by Gasteiger charge is -2.35. The molecule has 0 radical (unpaired) electrons. The van der Waals surface area contributed by atoms with Crippen LogP contribution in [-0.4, -0.2) is 25.0 Å². The Morgan fingerprint density at radius 1 is 1.41 bits per heavy atom. The molecule has 0 spiro atoms. The van der Waals surface area contributed by atoms with E-state index < -0.39 is 0 Å². The van der Waals surface area contributed by atoms with E-state index in [0.29, 0.717) is 0 Å². The van der Waals surface area contributed by atoms with Crippen molar-refractivity contribution in [2.24, 2.45) is 0 Å². The fourth-order valence-corrected chi connectivity index (χ4v) is 2.81. The molecular weight excluding hydrogens is 276 g/mol. The van der Waals surface area contributed by atoms with Crippen LogP contribution in [0.15, 0.2) is 22.7 Å². The molecule has 1 saturated carbocycles. The highest BCUT2D eigenvalue weighted by molar-refractivity contribution is 9.10. The Hall–Kier alpha value is -0.380. The molecule has 0 unspecified atom stereocenters. The molecule has 94 valence electrons. The first-order valence-electron chi connectivity index (χ1n) is 6.33. The smallest absolute Gasteiger partial charge is 0.0244 e. The van der Waals surface area contributed by atoms with Gasteiger partial charge in [0.15, 0.2) is 0 Å². The molecule has 0 atom stereocenters. The topological polar surface area (TPSA) is 15.3 Å². The summed E-state index contributed by atoms with van der Waals surface area (Å²) < 4.78 is 1.23. The summed E-state index contributed by atoms with van der Waals surface area (Å²) in [6.07, 6.45) is 4.13. The van der Waals surface area contributed by atoms with Gasteiger partial charge >= 0.3 is 0 Å². The van der Waals surface area contributed by atoms with Crippen LogP contribution in [0.2, 0.25) is 0 Å². The number of hydrogen-bond acceptors (Lipinski definition) is 2. The molecule has 0 aliphatic heterocycles. The fourth-order valence-electron chi connectivity index (χ4n) is 2.26. The molecule has 0 heterocycles. The zero-order valence-corrected chi connectivity index (χ0v) is 12.3. The maximum absolute atomic E-state index is 3.68. The van der Waals surface area contributed by atoms with Gasteiger partial charge in [0, 0.05) is 23.6 Å². The second-order valence-electron chi connectivity index (χ2n) is 4.96. The second kappa shape index (κ2) is 5.98. The molecule has 0 saturated heterocycles. The SMILES string of the molecule is CNCc1ccc(CN(C)C2CCC2)c(Br)c1. The molecule has 17 heavy (non-hydrogen) atoms. The normalized spacial score (nSPS) is 16.2. The lowest BCUT2D eigenvalue weighted by molar-refractivity contribution is 0.152. The lowest BCUT2D eigenvalue weighted by atomic mass is 9.91. The van der Waals surface area contributed by atoms with E-state index in [4.69, 9.17) is 0 Å². The Bertz CT molecular complexity index is 374. The van der Waals surface area contributed by atoms with Crippen molar-refractivity contribution in [3.8, 4) is 0 Å². The van der Waals surface area contributed by atoms with E-state index >= 15 is 0 Å². The van der Waals surface area contributed by atoms with Crippen LogP contribution in [0.3, 0.4) is 0 Å². The Morgan fingerprint density at radius 3 is 2.71 bits per heavy atom. The quantitative estimate of drug-likeness (QED) is 0.898. The Balaban J connectivity index is 2.00. The molecule has 2 nitrogen and oxygen atoms in total. The molecule has 1 aromatic carbocycles. The van der Waals surface area contributed by atoms with Crippen LogP contribution >= 0.6 is 15.9 Å². The number of rotatable bonds is 5. The number of nitrogens with zero attached hydrogens (tertiary/aromatic N) is 1. The van der Waals surface area contributed by atoms with Crippen molar-refractivity contribution in [1.82, 2.24) is 10.2 Å². The number of benzene rings is 1. The van der Waals surface area contributed by atoms with Gasteiger partial charge in [0.05, 0.1) is 0 Å². The number of hydrogen-bond donors (Lipinski definition) is 1. The van der Waals surface area contributed by atoms with Crippen LogP contribution in [-0.2, 0) is 13.1 Å². The summed E-state index contributed by atoms with van der Waals surface area (Å²) >= 11 is 3.68. The largest absolute Gasteiger partial charge is 0.316 e. The van der Waals surface area contributed by atoms with Crippen molar-refractivity contribution in [3.63, 3.8) is 0 Å². The molecule has 2 rings (SSSR count). The van der Waals surface area contributed by atoms with Crippen LogP contribution in [0, 0.1) is 0 Å². The average Bonchev–Trinajstić information content (AvgIpc) is 2.20. The van der Waals surface area contributed by atoms with E-state index in [1.807, 2.05) is 7.05 Å². The zero-order valence-electron chi connectivity index (χ0n) is 10.7. The van der Waals surface area contributed by atoms with Gasteiger partial charge in [-0.05, 0) is 44.1 Å². The molecule has 1 aromatic rings. The van der Waals surface area contributed by atoms with E-state index in [1.165, 1.54) is 34.9 Å². The Kier molecular flexibility index (Phi) is 4.60. The van der Waals surface area contributed by atoms with E-state index in [2.05, 4.69) is 51.4 Å². The molecule has 0 amide bonds. The molecule has 3 heteroatoms. The summed E-state index contributed by atoms with van der Waals surface area (Å²) in [4.78, 5) is 2.47. The Morgan fingerprint density at radius 2 is 2.18 bits per heavy atom. The summed E-state index contributed by atoms with van der Waals surface area (Å²) in [6.45, 7) is 1.97. The summed E-state index contributed by atoms with van der Waals surface area (Å²) in [7, 11) is 4.21. The number of halogens is 1. The van der Waals surface area contributed by atoms with E-state index in [-0.39, 0.29) is 0 Å².